The molecule has 2 aromatic carbocycles. The Hall–Kier alpha value is -2.55. The highest BCUT2D eigenvalue weighted by molar-refractivity contribution is 7.89. The van der Waals surface area contributed by atoms with E-state index in [1.54, 1.807) is 25.2 Å². The van der Waals surface area contributed by atoms with Crippen LogP contribution in [-0.2, 0) is 34.9 Å². The van der Waals surface area contributed by atoms with Crippen LogP contribution in [0, 0.1) is 0 Å². The first-order valence-corrected chi connectivity index (χ1v) is 10.5. The van der Waals surface area contributed by atoms with Gasteiger partial charge in [-0.25, -0.2) is 8.42 Å². The summed E-state index contributed by atoms with van der Waals surface area (Å²) in [6, 6.07) is 12.2. The highest BCUT2D eigenvalue weighted by Crippen LogP contribution is 2.29. The fraction of sp³-hybridized carbons (Fsp3) is 0.316. The summed E-state index contributed by atoms with van der Waals surface area (Å²) in [5.74, 6) is 0.429. The van der Waals surface area contributed by atoms with Gasteiger partial charge >= 0.3 is 6.18 Å². The van der Waals surface area contributed by atoms with E-state index in [4.69, 9.17) is 0 Å². The van der Waals surface area contributed by atoms with Gasteiger partial charge in [-0.1, -0.05) is 36.4 Å². The topological polar surface area (TPSA) is 70.6 Å². The fourth-order valence-electron chi connectivity index (χ4n) is 2.51. The van der Waals surface area contributed by atoms with Crippen LogP contribution in [0.15, 0.2) is 53.5 Å². The molecule has 28 heavy (non-hydrogen) atoms. The van der Waals surface area contributed by atoms with Gasteiger partial charge in [-0.3, -0.25) is 4.99 Å². The van der Waals surface area contributed by atoms with E-state index in [0.29, 0.717) is 23.6 Å². The first-order valence-electron chi connectivity index (χ1n) is 8.43. The Labute approximate surface area is 162 Å². The van der Waals surface area contributed by atoms with Crippen molar-refractivity contribution in [1.82, 2.24) is 10.6 Å². The minimum atomic E-state index is -4.38. The summed E-state index contributed by atoms with van der Waals surface area (Å²) >= 11 is 0. The minimum absolute atomic E-state index is 0.0130. The van der Waals surface area contributed by atoms with E-state index in [0.717, 1.165) is 17.7 Å². The van der Waals surface area contributed by atoms with E-state index in [1.165, 1.54) is 12.3 Å². The summed E-state index contributed by atoms with van der Waals surface area (Å²) in [5.41, 5.74) is 1.42. The summed E-state index contributed by atoms with van der Waals surface area (Å²) in [6.07, 6.45) is -3.19. The number of hydrogen-bond acceptors (Lipinski definition) is 3. The van der Waals surface area contributed by atoms with Crippen molar-refractivity contribution in [3.8, 4) is 0 Å². The van der Waals surface area contributed by atoms with E-state index < -0.39 is 21.6 Å². The second-order valence-electron chi connectivity index (χ2n) is 6.36. The molecule has 2 N–H and O–H groups in total. The molecule has 0 saturated heterocycles. The molecule has 0 bridgehead atoms. The second kappa shape index (κ2) is 9.09. The molecule has 5 nitrogen and oxygen atoms in total. The van der Waals surface area contributed by atoms with Gasteiger partial charge in [0, 0.05) is 26.4 Å². The third kappa shape index (κ3) is 7.22. The van der Waals surface area contributed by atoms with Gasteiger partial charge in [-0.2, -0.15) is 13.2 Å². The normalized spacial score (nSPS) is 12.7. The molecule has 2 aromatic rings. The van der Waals surface area contributed by atoms with E-state index >= 15 is 0 Å². The summed E-state index contributed by atoms with van der Waals surface area (Å²) in [6.45, 7) is 0.623. The summed E-state index contributed by atoms with van der Waals surface area (Å²) in [4.78, 5) is 4.05. The summed E-state index contributed by atoms with van der Waals surface area (Å²) in [5, 5.41) is 6.04. The Morgan fingerprint density at radius 2 is 1.54 bits per heavy atom. The van der Waals surface area contributed by atoms with Gasteiger partial charge in [0.25, 0.3) is 0 Å². The standard InChI is InChI=1S/C19H22F3N3O2S/c1-23-18(25-12-16-4-3-5-17(10-16)19(20,21)22)24-11-14-6-8-15(9-7-14)13-28(2,26)27/h3-10H,11-13H2,1-2H3,(H2,23,24,25). The lowest BCUT2D eigenvalue weighted by molar-refractivity contribution is -0.137. The molecule has 0 fully saturated rings. The average molecular weight is 413 g/mol. The quantitative estimate of drug-likeness (QED) is 0.564. The number of benzene rings is 2. The van der Waals surface area contributed by atoms with Crippen LogP contribution in [-0.4, -0.2) is 27.7 Å². The van der Waals surface area contributed by atoms with Crippen LogP contribution in [0.5, 0.6) is 0 Å². The number of rotatable bonds is 6. The molecule has 0 amide bonds. The molecule has 9 heteroatoms. The van der Waals surface area contributed by atoms with Crippen LogP contribution in [0.25, 0.3) is 0 Å². The van der Waals surface area contributed by atoms with Crippen LogP contribution in [0.2, 0.25) is 0 Å². The number of guanidine groups is 1. The number of nitrogens with one attached hydrogen (secondary N) is 2. The van der Waals surface area contributed by atoms with E-state index in [-0.39, 0.29) is 12.3 Å². The molecule has 152 valence electrons. The lowest BCUT2D eigenvalue weighted by Gasteiger charge is -2.13. The molecule has 0 atom stereocenters. The van der Waals surface area contributed by atoms with Gasteiger partial charge in [0.05, 0.1) is 11.3 Å². The number of halogens is 3. The number of nitrogens with zero attached hydrogens (tertiary/aromatic N) is 1. The number of sulfone groups is 1. The van der Waals surface area contributed by atoms with E-state index in [2.05, 4.69) is 15.6 Å². The van der Waals surface area contributed by atoms with Crippen LogP contribution in [0.4, 0.5) is 13.2 Å². The lowest BCUT2D eigenvalue weighted by atomic mass is 10.1. The number of hydrogen-bond donors (Lipinski definition) is 2. The predicted octanol–water partition coefficient (Wildman–Crippen LogP) is 3.12. The Bertz CT molecular complexity index is 924. The van der Waals surface area contributed by atoms with Gasteiger partial charge in [0.1, 0.15) is 0 Å². The molecule has 0 heterocycles. The molecule has 0 aliphatic carbocycles. The molecule has 2 rings (SSSR count). The molecule has 0 saturated carbocycles. The summed E-state index contributed by atoms with van der Waals surface area (Å²) in [7, 11) is -1.51. The maximum atomic E-state index is 12.8. The molecule has 0 aliphatic heterocycles. The largest absolute Gasteiger partial charge is 0.416 e. The van der Waals surface area contributed by atoms with Crippen LogP contribution >= 0.6 is 0 Å². The van der Waals surface area contributed by atoms with Gasteiger partial charge in [-0.05, 0) is 28.8 Å². The highest BCUT2D eigenvalue weighted by atomic mass is 32.2. The van der Waals surface area contributed by atoms with Crippen molar-refractivity contribution in [3.05, 3.63) is 70.8 Å². The van der Waals surface area contributed by atoms with Crippen molar-refractivity contribution in [3.63, 3.8) is 0 Å². The second-order valence-corrected chi connectivity index (χ2v) is 8.50. The van der Waals surface area contributed by atoms with Crippen molar-refractivity contribution in [2.75, 3.05) is 13.3 Å². The van der Waals surface area contributed by atoms with Crippen molar-refractivity contribution in [2.45, 2.75) is 25.0 Å². The van der Waals surface area contributed by atoms with Crippen molar-refractivity contribution in [2.24, 2.45) is 4.99 Å². The zero-order valence-corrected chi connectivity index (χ0v) is 16.4. The maximum absolute atomic E-state index is 12.8. The monoisotopic (exact) mass is 413 g/mol. The van der Waals surface area contributed by atoms with Crippen LogP contribution in [0.1, 0.15) is 22.3 Å². The van der Waals surface area contributed by atoms with Gasteiger partial charge < -0.3 is 10.6 Å². The SMILES string of the molecule is CN=C(NCc1ccc(CS(C)(=O)=O)cc1)NCc1cccc(C(F)(F)F)c1. The van der Waals surface area contributed by atoms with Gasteiger partial charge in [-0.15, -0.1) is 0 Å². The van der Waals surface area contributed by atoms with Crippen LogP contribution < -0.4 is 10.6 Å². The molecule has 0 aromatic heterocycles. The van der Waals surface area contributed by atoms with Crippen LogP contribution in [0.3, 0.4) is 0 Å². The van der Waals surface area contributed by atoms with E-state index in [9.17, 15) is 21.6 Å². The third-order valence-electron chi connectivity index (χ3n) is 3.85. The summed E-state index contributed by atoms with van der Waals surface area (Å²) < 4.78 is 60.9. The molecule has 0 radical (unpaired) electrons. The first-order chi connectivity index (χ1) is 13.1. The molecule has 0 unspecified atom stereocenters. The van der Waals surface area contributed by atoms with Crippen molar-refractivity contribution < 1.29 is 21.6 Å². The molecular formula is C19H22F3N3O2S. The highest BCUT2D eigenvalue weighted by Gasteiger charge is 2.30. The minimum Gasteiger partial charge on any atom is -0.352 e. The third-order valence-corrected chi connectivity index (χ3v) is 4.71. The Balaban J connectivity index is 1.90. The van der Waals surface area contributed by atoms with Crippen molar-refractivity contribution >= 4 is 15.8 Å². The Kier molecular flexibility index (Phi) is 7.06. The molecule has 0 spiro atoms. The lowest BCUT2D eigenvalue weighted by Crippen LogP contribution is -2.36. The van der Waals surface area contributed by atoms with Gasteiger partial charge in [0.15, 0.2) is 15.8 Å². The first kappa shape index (κ1) is 21.7. The number of aliphatic imine (C=N–C) groups is 1. The van der Waals surface area contributed by atoms with Gasteiger partial charge in [0.2, 0.25) is 0 Å². The average Bonchev–Trinajstić information content (AvgIpc) is 2.61. The number of alkyl halides is 3. The maximum Gasteiger partial charge on any atom is 0.416 e. The Morgan fingerprint density at radius 3 is 2.07 bits per heavy atom. The fourth-order valence-corrected chi connectivity index (χ4v) is 3.30. The zero-order chi connectivity index (χ0) is 20.8. The Morgan fingerprint density at radius 1 is 0.964 bits per heavy atom. The smallest absolute Gasteiger partial charge is 0.352 e. The predicted molar refractivity (Wildman–Crippen MR) is 103 cm³/mol. The molecule has 0 aliphatic rings. The zero-order valence-electron chi connectivity index (χ0n) is 15.5. The molecular weight excluding hydrogens is 391 g/mol. The van der Waals surface area contributed by atoms with Crippen molar-refractivity contribution in [1.29, 1.82) is 0 Å². The van der Waals surface area contributed by atoms with E-state index in [1.807, 2.05) is 12.1 Å².